The van der Waals surface area contributed by atoms with Crippen molar-refractivity contribution in [2.24, 2.45) is 4.99 Å². The topological polar surface area (TPSA) is 74.3 Å². The highest BCUT2D eigenvalue weighted by molar-refractivity contribution is 14.0. The highest BCUT2D eigenvalue weighted by Crippen LogP contribution is 2.24. The second-order valence-corrected chi connectivity index (χ2v) is 8.63. The van der Waals surface area contributed by atoms with Gasteiger partial charge in [-0.1, -0.05) is 0 Å². The molecule has 1 aliphatic heterocycles. The monoisotopic (exact) mass is 574 g/mol. The SMILES string of the molecule is CCNC(=NCc1csc(N(C)C)n1)NC1CCN(Cc2cc(OC)cc(OC)c2)C1.I. The van der Waals surface area contributed by atoms with E-state index in [1.165, 1.54) is 5.56 Å². The average molecular weight is 575 g/mol. The number of ether oxygens (including phenoxy) is 2. The summed E-state index contributed by atoms with van der Waals surface area (Å²) in [5.41, 5.74) is 2.18. The first kappa shape index (κ1) is 26.5. The number of nitrogens with one attached hydrogen (secondary N) is 2. The summed E-state index contributed by atoms with van der Waals surface area (Å²) < 4.78 is 10.8. The highest BCUT2D eigenvalue weighted by atomic mass is 127. The third kappa shape index (κ3) is 7.66. The fourth-order valence-electron chi connectivity index (χ4n) is 3.56. The maximum Gasteiger partial charge on any atom is 0.191 e. The first-order valence-electron chi connectivity index (χ1n) is 10.6. The molecule has 10 heteroatoms. The minimum Gasteiger partial charge on any atom is -0.497 e. The van der Waals surface area contributed by atoms with Crippen LogP contribution in [0.4, 0.5) is 5.13 Å². The molecular weight excluding hydrogens is 539 g/mol. The molecule has 2 aromatic rings. The van der Waals surface area contributed by atoms with Crippen molar-refractivity contribution < 1.29 is 9.47 Å². The molecule has 1 fully saturated rings. The first-order valence-corrected chi connectivity index (χ1v) is 11.5. The molecule has 2 N–H and O–H groups in total. The molecule has 0 spiro atoms. The molecule has 1 aliphatic rings. The Hall–Kier alpha value is -1.79. The number of likely N-dealkylation sites (tertiary alicyclic amines) is 1. The third-order valence-corrected chi connectivity index (χ3v) is 6.15. The summed E-state index contributed by atoms with van der Waals surface area (Å²) in [5.74, 6) is 2.49. The van der Waals surface area contributed by atoms with Gasteiger partial charge in [0.2, 0.25) is 0 Å². The summed E-state index contributed by atoms with van der Waals surface area (Å²) in [6.45, 7) is 6.35. The van der Waals surface area contributed by atoms with Crippen LogP contribution in [0.25, 0.3) is 0 Å². The summed E-state index contributed by atoms with van der Waals surface area (Å²) >= 11 is 1.64. The predicted molar refractivity (Wildman–Crippen MR) is 143 cm³/mol. The van der Waals surface area contributed by atoms with Crippen molar-refractivity contribution in [3.05, 3.63) is 34.8 Å². The van der Waals surface area contributed by atoms with Crippen LogP contribution in [0.5, 0.6) is 11.5 Å². The second kappa shape index (κ2) is 13.0. The lowest BCUT2D eigenvalue weighted by molar-refractivity contribution is 0.321. The van der Waals surface area contributed by atoms with Crippen LogP contribution in [0.3, 0.4) is 0 Å². The van der Waals surface area contributed by atoms with Crippen LogP contribution in [0, 0.1) is 0 Å². The molecule has 1 unspecified atom stereocenters. The average Bonchev–Trinajstić information content (AvgIpc) is 3.41. The zero-order valence-corrected chi connectivity index (χ0v) is 22.7. The van der Waals surface area contributed by atoms with Crippen LogP contribution in [-0.2, 0) is 13.1 Å². The van der Waals surface area contributed by atoms with Crippen molar-refractivity contribution in [2.75, 3.05) is 52.8 Å². The number of hydrogen-bond donors (Lipinski definition) is 2. The van der Waals surface area contributed by atoms with Crippen molar-refractivity contribution in [3.8, 4) is 11.5 Å². The lowest BCUT2D eigenvalue weighted by Crippen LogP contribution is -2.44. The maximum absolute atomic E-state index is 5.40. The van der Waals surface area contributed by atoms with Crippen molar-refractivity contribution in [3.63, 3.8) is 0 Å². The lowest BCUT2D eigenvalue weighted by Gasteiger charge is -2.19. The molecule has 0 bridgehead atoms. The minimum absolute atomic E-state index is 0. The largest absolute Gasteiger partial charge is 0.497 e. The standard InChI is InChI=1S/C22H34N6O2S.HI/c1-6-23-21(24-12-18-15-31-22(26-18)27(2)3)25-17-7-8-28(14-17)13-16-9-19(29-4)11-20(10-16)30-5;/h9-11,15,17H,6-8,12-14H2,1-5H3,(H2,23,24,25);1H. The zero-order valence-electron chi connectivity index (χ0n) is 19.6. The van der Waals surface area contributed by atoms with E-state index in [-0.39, 0.29) is 24.0 Å². The quantitative estimate of drug-likeness (QED) is 0.271. The number of nitrogens with zero attached hydrogens (tertiary/aromatic N) is 4. The van der Waals surface area contributed by atoms with E-state index < -0.39 is 0 Å². The number of rotatable bonds is 9. The molecule has 0 radical (unpaired) electrons. The number of hydrogen-bond acceptors (Lipinski definition) is 7. The Bertz CT molecular complexity index is 854. The lowest BCUT2D eigenvalue weighted by atomic mass is 10.2. The van der Waals surface area contributed by atoms with Crippen LogP contribution in [0.15, 0.2) is 28.6 Å². The van der Waals surface area contributed by atoms with E-state index in [2.05, 4.69) is 45.0 Å². The molecule has 1 aromatic carbocycles. The van der Waals surface area contributed by atoms with Gasteiger partial charge in [-0.3, -0.25) is 4.90 Å². The van der Waals surface area contributed by atoms with Crippen molar-refractivity contribution in [1.82, 2.24) is 20.5 Å². The summed E-state index contributed by atoms with van der Waals surface area (Å²) in [5, 5.41) is 10.0. The van der Waals surface area contributed by atoms with Crippen molar-refractivity contribution >= 4 is 46.4 Å². The number of guanidine groups is 1. The molecule has 3 rings (SSSR count). The molecule has 8 nitrogen and oxygen atoms in total. The molecular formula is C22H35IN6O2S. The van der Waals surface area contributed by atoms with Crippen LogP contribution < -0.4 is 25.0 Å². The summed E-state index contributed by atoms with van der Waals surface area (Å²) in [6, 6.07) is 6.41. The van der Waals surface area contributed by atoms with Gasteiger partial charge < -0.3 is 25.0 Å². The Kier molecular flexibility index (Phi) is 10.8. The number of aromatic nitrogens is 1. The molecule has 1 saturated heterocycles. The van der Waals surface area contributed by atoms with Crippen LogP contribution >= 0.6 is 35.3 Å². The molecule has 1 aromatic heterocycles. The normalized spacial score (nSPS) is 16.4. The zero-order chi connectivity index (χ0) is 22.2. The third-order valence-electron chi connectivity index (χ3n) is 5.10. The minimum atomic E-state index is 0. The van der Waals surface area contributed by atoms with E-state index in [1.807, 2.05) is 25.1 Å². The predicted octanol–water partition coefficient (Wildman–Crippen LogP) is 3.17. The number of methoxy groups -OCH3 is 2. The van der Waals surface area contributed by atoms with E-state index in [0.29, 0.717) is 12.6 Å². The Labute approximate surface area is 212 Å². The molecule has 0 aliphatic carbocycles. The summed E-state index contributed by atoms with van der Waals surface area (Å²) in [4.78, 5) is 13.8. The van der Waals surface area contributed by atoms with Gasteiger partial charge in [-0.05, 0) is 31.0 Å². The highest BCUT2D eigenvalue weighted by Gasteiger charge is 2.23. The van der Waals surface area contributed by atoms with E-state index in [4.69, 9.17) is 14.5 Å². The molecule has 1 atom stereocenters. The van der Waals surface area contributed by atoms with Gasteiger partial charge in [0.15, 0.2) is 11.1 Å². The van der Waals surface area contributed by atoms with Crippen LogP contribution in [-0.4, -0.2) is 69.8 Å². The second-order valence-electron chi connectivity index (χ2n) is 7.80. The number of thiazole rings is 1. The van der Waals surface area contributed by atoms with E-state index >= 15 is 0 Å². The maximum atomic E-state index is 5.40. The van der Waals surface area contributed by atoms with Crippen molar-refractivity contribution in [1.29, 1.82) is 0 Å². The van der Waals surface area contributed by atoms with Gasteiger partial charge in [0.25, 0.3) is 0 Å². The van der Waals surface area contributed by atoms with Gasteiger partial charge >= 0.3 is 0 Å². The fourth-order valence-corrected chi connectivity index (χ4v) is 4.31. The smallest absolute Gasteiger partial charge is 0.191 e. The molecule has 178 valence electrons. The van der Waals surface area contributed by atoms with Gasteiger partial charge in [-0.25, -0.2) is 9.98 Å². The Morgan fingerprint density at radius 3 is 2.56 bits per heavy atom. The fraction of sp³-hybridized carbons (Fsp3) is 0.545. The summed E-state index contributed by atoms with van der Waals surface area (Å²) in [7, 11) is 7.38. The van der Waals surface area contributed by atoms with Crippen LogP contribution in [0.2, 0.25) is 0 Å². The van der Waals surface area contributed by atoms with E-state index in [9.17, 15) is 0 Å². The van der Waals surface area contributed by atoms with Gasteiger partial charge in [-0.15, -0.1) is 35.3 Å². The van der Waals surface area contributed by atoms with E-state index in [0.717, 1.165) is 60.9 Å². The Morgan fingerprint density at radius 2 is 1.97 bits per heavy atom. The number of halogens is 1. The van der Waals surface area contributed by atoms with Gasteiger partial charge in [0.05, 0.1) is 26.5 Å². The molecule has 2 heterocycles. The molecule has 0 saturated carbocycles. The van der Waals surface area contributed by atoms with Gasteiger partial charge in [0.1, 0.15) is 11.5 Å². The van der Waals surface area contributed by atoms with Crippen LogP contribution in [0.1, 0.15) is 24.6 Å². The number of aliphatic imine (C=N–C) groups is 1. The summed E-state index contributed by atoms with van der Waals surface area (Å²) in [6.07, 6.45) is 1.08. The van der Waals surface area contributed by atoms with Gasteiger partial charge in [0, 0.05) is 57.8 Å². The number of anilines is 1. The molecule has 0 amide bonds. The molecule has 32 heavy (non-hydrogen) atoms. The van der Waals surface area contributed by atoms with E-state index in [1.54, 1.807) is 25.6 Å². The van der Waals surface area contributed by atoms with Crippen molar-refractivity contribution in [2.45, 2.75) is 32.5 Å². The Balaban J connectivity index is 0.00000363. The number of benzene rings is 1. The first-order chi connectivity index (χ1) is 15.0. The van der Waals surface area contributed by atoms with Gasteiger partial charge in [-0.2, -0.15) is 0 Å². The Morgan fingerprint density at radius 1 is 1.25 bits per heavy atom.